The fourth-order valence-corrected chi connectivity index (χ4v) is 7.63. The van der Waals surface area contributed by atoms with Crippen molar-refractivity contribution in [2.75, 3.05) is 26.2 Å². The molecule has 7 atom stereocenters. The van der Waals surface area contributed by atoms with Crippen LogP contribution in [0.4, 0.5) is 0 Å². The SMILES string of the molecule is CC[C@H](C)[C@H](NC(=O)[C@H]1Cc2ccc(O)c(c2)CC=CCCCNCCCC[C@H](N)C(=O)N[C@@H](CCCCN)C(=O)N2CCC[C@H]2C(=O)N1)C(=O)N[C@@H](CC(C)C)C(=O)O. The van der Waals surface area contributed by atoms with E-state index in [0.717, 1.165) is 38.8 Å². The van der Waals surface area contributed by atoms with Gasteiger partial charge in [-0.3, -0.25) is 24.0 Å². The van der Waals surface area contributed by atoms with Gasteiger partial charge in [0.05, 0.1) is 6.04 Å². The first-order valence-corrected chi connectivity index (χ1v) is 22.0. The van der Waals surface area contributed by atoms with E-state index >= 15 is 0 Å². The summed E-state index contributed by atoms with van der Waals surface area (Å²) < 4.78 is 0. The first kappa shape index (κ1) is 49.8. The van der Waals surface area contributed by atoms with Crippen molar-refractivity contribution >= 4 is 35.5 Å². The van der Waals surface area contributed by atoms with E-state index in [0.29, 0.717) is 69.0 Å². The topological polar surface area (TPSA) is 258 Å². The number of hydrogen-bond donors (Lipinski definition) is 9. The van der Waals surface area contributed by atoms with Crippen molar-refractivity contribution in [2.45, 2.75) is 154 Å². The van der Waals surface area contributed by atoms with Crippen molar-refractivity contribution in [1.29, 1.82) is 0 Å². The predicted molar refractivity (Wildman–Crippen MR) is 230 cm³/mol. The maximum absolute atomic E-state index is 14.4. The number of rotatable bonds is 13. The van der Waals surface area contributed by atoms with Crippen LogP contribution in [0.2, 0.25) is 0 Å². The lowest BCUT2D eigenvalue weighted by Crippen LogP contribution is -2.60. The molecule has 0 aliphatic carbocycles. The number of benzene rings is 1. The molecule has 0 radical (unpaired) electrons. The van der Waals surface area contributed by atoms with Crippen LogP contribution >= 0.6 is 0 Å². The molecule has 2 aliphatic heterocycles. The first-order chi connectivity index (χ1) is 28.7. The molecule has 60 heavy (non-hydrogen) atoms. The number of carboxylic acids is 1. The van der Waals surface area contributed by atoms with Crippen molar-refractivity contribution in [3.05, 3.63) is 41.5 Å². The largest absolute Gasteiger partial charge is 0.508 e. The predicted octanol–water partition coefficient (Wildman–Crippen LogP) is 2.15. The van der Waals surface area contributed by atoms with Crippen molar-refractivity contribution in [2.24, 2.45) is 23.3 Å². The molecule has 0 unspecified atom stereocenters. The minimum Gasteiger partial charge on any atom is -0.508 e. The van der Waals surface area contributed by atoms with E-state index in [1.165, 1.54) is 4.90 Å². The number of carboxylic acid groups (broad SMARTS) is 1. The summed E-state index contributed by atoms with van der Waals surface area (Å²) in [6.45, 7) is 9.60. The van der Waals surface area contributed by atoms with E-state index in [2.05, 4.69) is 32.7 Å². The second-order valence-corrected chi connectivity index (χ2v) is 16.8. The van der Waals surface area contributed by atoms with Gasteiger partial charge in [0.1, 0.15) is 36.0 Å². The molecule has 2 heterocycles. The van der Waals surface area contributed by atoms with Crippen LogP contribution in [0, 0.1) is 11.8 Å². The molecule has 0 saturated carbocycles. The van der Waals surface area contributed by atoms with Crippen molar-refractivity contribution in [1.82, 2.24) is 31.5 Å². The number of fused-ring (bicyclic) bond motifs is 3. The fraction of sp³-hybridized carbons (Fsp3) is 0.682. The van der Waals surface area contributed by atoms with Gasteiger partial charge in [-0.25, -0.2) is 4.79 Å². The molecular formula is C44H72N8O8. The summed E-state index contributed by atoms with van der Waals surface area (Å²) in [6, 6.07) is -1.20. The maximum Gasteiger partial charge on any atom is 0.326 e. The second kappa shape index (κ2) is 25.9. The second-order valence-electron chi connectivity index (χ2n) is 16.8. The molecule has 1 saturated heterocycles. The van der Waals surface area contributed by atoms with Crippen LogP contribution in [0.15, 0.2) is 30.4 Å². The molecule has 1 fully saturated rings. The number of unbranched alkanes of at least 4 members (excludes halogenated alkanes) is 1. The number of hydrogen-bond acceptors (Lipinski definition) is 10. The summed E-state index contributed by atoms with van der Waals surface area (Å²) in [5.74, 6) is -4.26. The Kier molecular flexibility index (Phi) is 21.5. The molecule has 5 amide bonds. The number of carbonyl (C=O) groups excluding carboxylic acids is 5. The van der Waals surface area contributed by atoms with Gasteiger partial charge in [-0.15, -0.1) is 0 Å². The van der Waals surface area contributed by atoms with E-state index in [9.17, 15) is 39.0 Å². The number of amides is 5. The standard InChI is InChI=1S/C44H72N8O8/c1-5-29(4)38(42(57)50-35(44(59)60)25-28(2)3)51-40(55)34-27-30-19-20-37(53)31(26-30)15-8-6-7-12-22-47-23-13-10-16-32(46)39(54)48-33(17-9-11-21-45)43(58)52-24-14-18-36(52)41(56)49-34/h6,8,19-20,26,28-29,32-36,38,47,53H,5,7,9-18,21-25,27,45-46H2,1-4H3,(H,48,54)(H,49,56)(H,50,57)(H,51,55)(H,59,60)/t29-,32-,33-,34+,35-,36-,38-/m0/s1. The highest BCUT2D eigenvalue weighted by Gasteiger charge is 2.40. The number of nitrogens with one attached hydrogen (secondary N) is 5. The molecule has 3 rings (SSSR count). The third-order valence-electron chi connectivity index (χ3n) is 11.4. The van der Waals surface area contributed by atoms with Gasteiger partial charge in [0.15, 0.2) is 0 Å². The number of aliphatic carboxylic acids is 1. The quantitative estimate of drug-likeness (QED) is 0.103. The summed E-state index contributed by atoms with van der Waals surface area (Å²) in [5, 5.41) is 35.2. The molecule has 1 aromatic rings. The Morgan fingerprint density at radius 3 is 2.40 bits per heavy atom. The third-order valence-corrected chi connectivity index (χ3v) is 11.4. The van der Waals surface area contributed by atoms with Crippen LogP contribution < -0.4 is 38.1 Å². The highest BCUT2D eigenvalue weighted by molar-refractivity contribution is 5.96. The summed E-state index contributed by atoms with van der Waals surface area (Å²) in [7, 11) is 0. The molecule has 336 valence electrons. The Morgan fingerprint density at radius 2 is 1.70 bits per heavy atom. The summed E-state index contributed by atoms with van der Waals surface area (Å²) in [4.78, 5) is 83.3. The van der Waals surface area contributed by atoms with E-state index < -0.39 is 77.7 Å². The van der Waals surface area contributed by atoms with Gasteiger partial charge < -0.3 is 53.2 Å². The van der Waals surface area contributed by atoms with Crippen molar-refractivity contribution in [3.8, 4) is 5.75 Å². The minimum atomic E-state index is -1.23. The van der Waals surface area contributed by atoms with Crippen LogP contribution in [0.3, 0.4) is 0 Å². The number of nitrogens with zero attached hydrogens (tertiary/aromatic N) is 1. The fourth-order valence-electron chi connectivity index (χ4n) is 7.63. The highest BCUT2D eigenvalue weighted by Crippen LogP contribution is 2.23. The van der Waals surface area contributed by atoms with Gasteiger partial charge in [0, 0.05) is 13.0 Å². The molecule has 2 aliphatic rings. The van der Waals surface area contributed by atoms with Crippen LogP contribution in [0.1, 0.15) is 116 Å². The monoisotopic (exact) mass is 841 g/mol. The number of phenols is 1. The molecule has 11 N–H and O–H groups in total. The normalized spacial score (nSPS) is 23.2. The van der Waals surface area contributed by atoms with Gasteiger partial charge in [-0.05, 0) is 119 Å². The Morgan fingerprint density at radius 1 is 0.950 bits per heavy atom. The van der Waals surface area contributed by atoms with E-state index in [-0.39, 0.29) is 31.1 Å². The van der Waals surface area contributed by atoms with Crippen LogP contribution in [0.5, 0.6) is 5.75 Å². The highest BCUT2D eigenvalue weighted by atomic mass is 16.4. The van der Waals surface area contributed by atoms with Crippen LogP contribution in [0.25, 0.3) is 0 Å². The molecule has 16 nitrogen and oxygen atoms in total. The maximum atomic E-state index is 14.4. The van der Waals surface area contributed by atoms with E-state index in [1.807, 2.05) is 26.8 Å². The smallest absolute Gasteiger partial charge is 0.326 e. The van der Waals surface area contributed by atoms with Gasteiger partial charge in [0.25, 0.3) is 0 Å². The lowest BCUT2D eigenvalue weighted by Gasteiger charge is -2.31. The number of aromatic hydroxyl groups is 1. The average molecular weight is 841 g/mol. The molecule has 16 heteroatoms. The van der Waals surface area contributed by atoms with E-state index in [1.54, 1.807) is 25.1 Å². The minimum absolute atomic E-state index is 0.0174. The van der Waals surface area contributed by atoms with Crippen molar-refractivity contribution in [3.63, 3.8) is 0 Å². The van der Waals surface area contributed by atoms with Gasteiger partial charge >= 0.3 is 5.97 Å². The van der Waals surface area contributed by atoms with Crippen LogP contribution in [-0.2, 0) is 41.6 Å². The Bertz CT molecular complexity index is 1610. The zero-order valence-corrected chi connectivity index (χ0v) is 36.2. The Labute approximate surface area is 355 Å². The molecule has 1 aromatic carbocycles. The lowest BCUT2D eigenvalue weighted by atomic mass is 9.95. The van der Waals surface area contributed by atoms with Crippen molar-refractivity contribution < 1.29 is 39.0 Å². The summed E-state index contributed by atoms with van der Waals surface area (Å²) in [5.41, 5.74) is 13.3. The summed E-state index contributed by atoms with van der Waals surface area (Å²) >= 11 is 0. The first-order valence-electron chi connectivity index (χ1n) is 22.0. The van der Waals surface area contributed by atoms with Gasteiger partial charge in [-0.2, -0.15) is 0 Å². The third kappa shape index (κ3) is 16.1. The zero-order chi connectivity index (χ0) is 44.2. The molecule has 0 aromatic heterocycles. The van der Waals surface area contributed by atoms with Gasteiger partial charge in [-0.1, -0.05) is 64.8 Å². The lowest BCUT2D eigenvalue weighted by molar-refractivity contribution is -0.143. The zero-order valence-electron chi connectivity index (χ0n) is 36.2. The molecular weight excluding hydrogens is 769 g/mol. The number of nitrogens with two attached hydrogens (primary N) is 2. The van der Waals surface area contributed by atoms with E-state index in [4.69, 9.17) is 11.5 Å². The Hall–Kier alpha value is -4.54. The number of allylic oxidation sites excluding steroid dienone is 2. The Balaban J connectivity index is 1.99. The number of phenolic OH excluding ortho intramolecular Hbond substituents is 1. The van der Waals surface area contributed by atoms with Crippen LogP contribution in [-0.4, -0.2) is 113 Å². The average Bonchev–Trinajstić information content (AvgIpc) is 3.71. The summed E-state index contributed by atoms with van der Waals surface area (Å²) in [6.07, 6.45) is 11.2. The number of carbonyl (C=O) groups is 6. The van der Waals surface area contributed by atoms with Gasteiger partial charge in [0.2, 0.25) is 29.5 Å². The molecule has 0 spiro atoms. The molecule has 2 bridgehead atoms.